The molecule has 0 aromatic heterocycles. The van der Waals surface area contributed by atoms with Gasteiger partial charge in [0.25, 0.3) is 0 Å². The van der Waals surface area contributed by atoms with Crippen LogP contribution in [0, 0.1) is 6.20 Å². The highest BCUT2D eigenvalue weighted by Crippen LogP contribution is 1.86. The van der Waals surface area contributed by atoms with E-state index in [0.29, 0.717) is 0 Å². The van der Waals surface area contributed by atoms with Crippen molar-refractivity contribution < 1.29 is 4.79 Å². The van der Waals surface area contributed by atoms with E-state index in [2.05, 4.69) is 21.7 Å². The van der Waals surface area contributed by atoms with E-state index in [4.69, 9.17) is 0 Å². The summed E-state index contributed by atoms with van der Waals surface area (Å²) < 4.78 is 0. The average molecular weight is 95.1 g/mol. The monoisotopic (exact) mass is 95.0 g/mol. The van der Waals surface area contributed by atoms with Crippen LogP contribution in [0.15, 0.2) is 16.4 Å². The number of carbonyl (C=O) groups is 1. The highest BCUT2D eigenvalue weighted by atomic mass is 16.2. The summed E-state index contributed by atoms with van der Waals surface area (Å²) in [7, 11) is 0. The summed E-state index contributed by atoms with van der Waals surface area (Å²) in [5, 5.41) is 9.36. The van der Waals surface area contributed by atoms with Crippen molar-refractivity contribution in [1.82, 2.24) is 5.32 Å². The minimum atomic E-state index is -0.595. The maximum atomic E-state index is 9.95. The molecule has 0 atom stereocenters. The van der Waals surface area contributed by atoms with Gasteiger partial charge in [-0.2, -0.15) is 10.4 Å². The molecule has 7 heavy (non-hydrogen) atoms. The number of hydrogen-bond donors (Lipinski definition) is 0. The zero-order valence-corrected chi connectivity index (χ0v) is 3.33. The van der Waals surface area contributed by atoms with Gasteiger partial charge in [-0.1, -0.05) is 5.11 Å². The van der Waals surface area contributed by atoms with Gasteiger partial charge in [0.05, 0.1) is 6.20 Å². The Hall–Kier alpha value is -1.19. The van der Waals surface area contributed by atoms with Crippen molar-refractivity contribution in [1.29, 1.82) is 0 Å². The van der Waals surface area contributed by atoms with Crippen LogP contribution in [-0.2, 0) is 0 Å². The van der Waals surface area contributed by atoms with Gasteiger partial charge in [0.1, 0.15) is 6.20 Å². The predicted octanol–water partition coefficient (Wildman–Crippen LogP) is 0.451. The van der Waals surface area contributed by atoms with Crippen LogP contribution in [-0.4, -0.2) is 6.03 Å². The molecule has 0 fully saturated rings. The molecular weight excluding hydrogens is 94.1 g/mol. The molecule has 1 aliphatic heterocycles. The first-order chi connectivity index (χ1) is 3.39. The molecule has 0 unspecified atom stereocenters. The van der Waals surface area contributed by atoms with Crippen LogP contribution in [0.25, 0.3) is 0 Å². The summed E-state index contributed by atoms with van der Waals surface area (Å²) in [5.41, 5.74) is 0. The third kappa shape index (κ3) is 0.819. The first kappa shape index (κ1) is 3.98. The van der Waals surface area contributed by atoms with Crippen molar-refractivity contribution >= 4 is 6.03 Å². The van der Waals surface area contributed by atoms with E-state index in [-0.39, 0.29) is 0 Å². The van der Waals surface area contributed by atoms with Crippen molar-refractivity contribution in [2.24, 2.45) is 10.2 Å². The Labute approximate surface area is 39.9 Å². The second kappa shape index (κ2) is 1.51. The van der Waals surface area contributed by atoms with Crippen LogP contribution in [0.2, 0.25) is 0 Å². The van der Waals surface area contributed by atoms with Gasteiger partial charge in [-0.3, -0.25) is 0 Å². The quantitative estimate of drug-likeness (QED) is 0.431. The molecule has 0 aromatic carbocycles. The lowest BCUT2D eigenvalue weighted by molar-refractivity contribution is 0.249. The number of carbonyl (C=O) groups excluding carboxylic acids is 1. The molecule has 0 aliphatic carbocycles. The highest BCUT2D eigenvalue weighted by molar-refractivity contribution is 5.74. The molecule has 4 heteroatoms. The van der Waals surface area contributed by atoms with Crippen LogP contribution in [0.4, 0.5) is 4.79 Å². The fraction of sp³-hybridized carbons (Fsp3) is 0. The Morgan fingerprint density at radius 1 is 1.71 bits per heavy atom. The summed E-state index contributed by atoms with van der Waals surface area (Å²) in [5.74, 6) is 0. The van der Waals surface area contributed by atoms with E-state index in [1.165, 1.54) is 6.20 Å². The molecule has 34 valence electrons. The molecule has 2 radical (unpaired) electrons. The lowest BCUT2D eigenvalue weighted by Crippen LogP contribution is -2.04. The van der Waals surface area contributed by atoms with Crippen LogP contribution in [0.3, 0.4) is 0 Å². The number of hydrogen-bond acceptors (Lipinski definition) is 2. The summed E-state index contributed by atoms with van der Waals surface area (Å²) in [6.07, 6.45) is 3.45. The summed E-state index contributed by atoms with van der Waals surface area (Å²) in [6.45, 7) is 0. The van der Waals surface area contributed by atoms with Crippen LogP contribution in [0.1, 0.15) is 0 Å². The van der Waals surface area contributed by atoms with Gasteiger partial charge in [0.15, 0.2) is 0 Å². The van der Waals surface area contributed by atoms with Crippen molar-refractivity contribution in [3.05, 3.63) is 12.4 Å². The number of azo groups is 1. The molecule has 1 heterocycles. The Kier molecular flexibility index (Phi) is 0.856. The SMILES string of the molecule is O=C1[N][C]=CN=N1. The Balaban J connectivity index is 2.66. The second-order valence-corrected chi connectivity index (χ2v) is 0.868. The molecule has 1 aliphatic rings. The maximum absolute atomic E-state index is 9.95. The zero-order chi connectivity index (χ0) is 5.11. The van der Waals surface area contributed by atoms with Crippen molar-refractivity contribution in [2.45, 2.75) is 0 Å². The fourth-order valence-corrected chi connectivity index (χ4v) is 0.211. The van der Waals surface area contributed by atoms with Gasteiger partial charge in [-0.15, -0.1) is 0 Å². The summed E-state index contributed by atoms with van der Waals surface area (Å²) >= 11 is 0. The van der Waals surface area contributed by atoms with E-state index < -0.39 is 6.03 Å². The zero-order valence-electron chi connectivity index (χ0n) is 3.33. The second-order valence-electron chi connectivity index (χ2n) is 0.868. The Morgan fingerprint density at radius 2 is 2.57 bits per heavy atom. The predicted molar refractivity (Wildman–Crippen MR) is 20.2 cm³/mol. The summed E-state index contributed by atoms with van der Waals surface area (Å²) in [4.78, 5) is 9.95. The van der Waals surface area contributed by atoms with E-state index >= 15 is 0 Å². The Bertz CT molecular complexity index is 137. The van der Waals surface area contributed by atoms with E-state index in [0.717, 1.165) is 0 Å². The largest absolute Gasteiger partial charge is 0.386 e. The smallest absolute Gasteiger partial charge is 0.242 e. The summed E-state index contributed by atoms with van der Waals surface area (Å²) in [6, 6.07) is -0.595. The molecule has 0 saturated heterocycles. The molecule has 0 spiro atoms. The molecule has 0 bridgehead atoms. The third-order valence-electron chi connectivity index (χ3n) is 0.419. The van der Waals surface area contributed by atoms with E-state index in [1.807, 2.05) is 0 Å². The van der Waals surface area contributed by atoms with Crippen LogP contribution in [0.5, 0.6) is 0 Å². The molecule has 0 saturated carbocycles. The van der Waals surface area contributed by atoms with E-state index in [1.54, 1.807) is 0 Å². The fourth-order valence-electron chi connectivity index (χ4n) is 0.211. The molecular formula is C3HN3O. The maximum Gasteiger partial charge on any atom is 0.386 e. The van der Waals surface area contributed by atoms with E-state index in [9.17, 15) is 4.79 Å². The van der Waals surface area contributed by atoms with Gasteiger partial charge in [-0.25, -0.2) is 4.79 Å². The standard InChI is InChI=1S/C3HN3O/c7-3-4-1-2-5-6-3/h2H. The van der Waals surface area contributed by atoms with Gasteiger partial charge >= 0.3 is 6.03 Å². The number of urea groups is 1. The molecule has 0 N–H and O–H groups in total. The molecule has 1 rings (SSSR count). The minimum absolute atomic E-state index is 0.595. The van der Waals surface area contributed by atoms with Crippen molar-refractivity contribution in [3.8, 4) is 0 Å². The van der Waals surface area contributed by atoms with Gasteiger partial charge in [0.2, 0.25) is 0 Å². The van der Waals surface area contributed by atoms with Crippen molar-refractivity contribution in [2.75, 3.05) is 0 Å². The van der Waals surface area contributed by atoms with Gasteiger partial charge in [-0.05, 0) is 0 Å². The molecule has 4 nitrogen and oxygen atoms in total. The van der Waals surface area contributed by atoms with Crippen molar-refractivity contribution in [3.63, 3.8) is 0 Å². The number of nitrogens with zero attached hydrogens (tertiary/aromatic N) is 3. The normalized spacial score (nSPS) is 16.9. The Morgan fingerprint density at radius 3 is 2.86 bits per heavy atom. The lowest BCUT2D eigenvalue weighted by Gasteiger charge is -1.86. The number of amides is 2. The third-order valence-corrected chi connectivity index (χ3v) is 0.419. The first-order valence-corrected chi connectivity index (χ1v) is 1.62. The highest BCUT2D eigenvalue weighted by Gasteiger charge is 1.97. The molecule has 0 aromatic rings. The topological polar surface area (TPSA) is 55.9 Å². The lowest BCUT2D eigenvalue weighted by atomic mass is 10.8. The van der Waals surface area contributed by atoms with Crippen LogP contribution >= 0.6 is 0 Å². The van der Waals surface area contributed by atoms with Crippen LogP contribution < -0.4 is 5.32 Å². The average Bonchev–Trinajstić information content (AvgIpc) is 1.69. The number of rotatable bonds is 0. The molecule has 2 amide bonds. The van der Waals surface area contributed by atoms with Gasteiger partial charge in [0, 0.05) is 0 Å². The minimum Gasteiger partial charge on any atom is -0.242 e. The van der Waals surface area contributed by atoms with Gasteiger partial charge < -0.3 is 0 Å². The first-order valence-electron chi connectivity index (χ1n) is 1.62.